The van der Waals surface area contributed by atoms with Crippen molar-refractivity contribution in [2.45, 2.75) is 13.0 Å². The molecule has 1 aromatic heterocycles. The molecule has 3 rings (SSSR count). The molecule has 2 N–H and O–H groups in total. The van der Waals surface area contributed by atoms with E-state index in [1.165, 1.54) is 11.3 Å². The Kier molecular flexibility index (Phi) is 8.87. The van der Waals surface area contributed by atoms with E-state index in [9.17, 15) is 0 Å². The van der Waals surface area contributed by atoms with Gasteiger partial charge in [0.25, 0.3) is 0 Å². The van der Waals surface area contributed by atoms with E-state index in [4.69, 9.17) is 11.6 Å². The molecule has 0 spiro atoms. The Bertz CT molecular complexity index is 751. The van der Waals surface area contributed by atoms with Crippen LogP contribution in [-0.2, 0) is 13.0 Å². The van der Waals surface area contributed by atoms with Gasteiger partial charge in [0.15, 0.2) is 5.96 Å². The van der Waals surface area contributed by atoms with Crippen molar-refractivity contribution in [3.63, 3.8) is 0 Å². The minimum atomic E-state index is 0. The summed E-state index contributed by atoms with van der Waals surface area (Å²) in [5.74, 6) is 0.791. The molecule has 7 heteroatoms. The molecule has 2 heterocycles. The van der Waals surface area contributed by atoms with Crippen molar-refractivity contribution in [1.82, 2.24) is 15.6 Å². The highest BCUT2D eigenvalue weighted by molar-refractivity contribution is 14.0. The molecule has 0 amide bonds. The van der Waals surface area contributed by atoms with Crippen LogP contribution in [0.1, 0.15) is 11.1 Å². The maximum absolute atomic E-state index is 5.80. The minimum absolute atomic E-state index is 0. The number of benzene rings is 1. The first-order chi connectivity index (χ1) is 12.7. The van der Waals surface area contributed by atoms with Crippen LogP contribution in [0.3, 0.4) is 0 Å². The summed E-state index contributed by atoms with van der Waals surface area (Å²) in [6.45, 7) is 3.51. The summed E-state index contributed by atoms with van der Waals surface area (Å²) < 4.78 is 0. The molecule has 1 aliphatic heterocycles. The first kappa shape index (κ1) is 21.5. The summed E-state index contributed by atoms with van der Waals surface area (Å²) in [7, 11) is 1.78. The van der Waals surface area contributed by atoms with E-state index in [2.05, 4.69) is 61.9 Å². The number of anilines is 1. The molecule has 2 aromatic rings. The van der Waals surface area contributed by atoms with E-state index >= 15 is 0 Å². The van der Waals surface area contributed by atoms with Crippen molar-refractivity contribution in [2.24, 2.45) is 4.99 Å². The minimum Gasteiger partial charge on any atom is -0.364 e. The van der Waals surface area contributed by atoms with Crippen LogP contribution in [-0.4, -0.2) is 37.6 Å². The average molecular weight is 498 g/mol. The van der Waals surface area contributed by atoms with Crippen LogP contribution in [0, 0.1) is 0 Å². The van der Waals surface area contributed by atoms with Crippen molar-refractivity contribution in [3.8, 4) is 0 Å². The third-order valence-corrected chi connectivity index (χ3v) is 4.52. The van der Waals surface area contributed by atoms with Gasteiger partial charge in [-0.25, -0.2) is 4.98 Å². The monoisotopic (exact) mass is 497 g/mol. The average Bonchev–Trinajstić information content (AvgIpc) is 3.21. The summed E-state index contributed by atoms with van der Waals surface area (Å²) in [5, 5.41) is 7.19. The van der Waals surface area contributed by atoms with Crippen molar-refractivity contribution < 1.29 is 0 Å². The second kappa shape index (κ2) is 11.1. The molecular formula is C20H25ClIN5. The smallest absolute Gasteiger partial charge is 0.191 e. The molecule has 0 bridgehead atoms. The molecule has 5 nitrogen and oxygen atoms in total. The van der Waals surface area contributed by atoms with E-state index in [-0.39, 0.29) is 24.0 Å². The second-order valence-corrected chi connectivity index (χ2v) is 6.52. The Morgan fingerprint density at radius 1 is 1.07 bits per heavy atom. The SMILES string of the molecule is CN=C(NCCc1ccc(Cl)nc1)NCc1ccc(N2CC=CC2)cc1.I. The van der Waals surface area contributed by atoms with Gasteiger partial charge >= 0.3 is 0 Å². The normalized spacial score (nSPS) is 13.4. The van der Waals surface area contributed by atoms with Crippen LogP contribution in [0.5, 0.6) is 0 Å². The van der Waals surface area contributed by atoms with Gasteiger partial charge in [-0.2, -0.15) is 0 Å². The predicted octanol–water partition coefficient (Wildman–Crippen LogP) is 3.64. The third kappa shape index (κ3) is 6.70. The van der Waals surface area contributed by atoms with Gasteiger partial charge in [-0.1, -0.05) is 42.0 Å². The van der Waals surface area contributed by atoms with Gasteiger partial charge in [-0.15, -0.1) is 24.0 Å². The predicted molar refractivity (Wildman–Crippen MR) is 124 cm³/mol. The first-order valence-corrected chi connectivity index (χ1v) is 9.16. The van der Waals surface area contributed by atoms with Gasteiger partial charge in [-0.3, -0.25) is 4.99 Å². The first-order valence-electron chi connectivity index (χ1n) is 8.78. The highest BCUT2D eigenvalue weighted by Crippen LogP contribution is 2.17. The molecule has 0 radical (unpaired) electrons. The van der Waals surface area contributed by atoms with E-state index in [0.717, 1.165) is 44.1 Å². The lowest BCUT2D eigenvalue weighted by Crippen LogP contribution is -2.37. The van der Waals surface area contributed by atoms with Crippen LogP contribution >= 0.6 is 35.6 Å². The summed E-state index contributed by atoms with van der Waals surface area (Å²) in [5.41, 5.74) is 3.63. The van der Waals surface area contributed by atoms with Crippen molar-refractivity contribution >= 4 is 47.2 Å². The number of hydrogen-bond donors (Lipinski definition) is 2. The molecule has 0 saturated carbocycles. The molecule has 1 aromatic carbocycles. The van der Waals surface area contributed by atoms with Gasteiger partial charge in [0.2, 0.25) is 0 Å². The number of nitrogens with one attached hydrogen (secondary N) is 2. The largest absolute Gasteiger partial charge is 0.364 e. The number of pyridine rings is 1. The molecule has 1 aliphatic rings. The number of guanidine groups is 1. The van der Waals surface area contributed by atoms with Crippen molar-refractivity contribution in [1.29, 1.82) is 0 Å². The standard InChI is InChI=1S/C20H24ClN5.HI/c1-22-20(23-11-10-17-6-9-19(21)24-14-17)25-15-16-4-7-18(8-5-16)26-12-2-3-13-26;/h2-9,14H,10-13,15H2,1H3,(H2,22,23,25);1H. The number of aliphatic imine (C=N–C) groups is 1. The highest BCUT2D eigenvalue weighted by Gasteiger charge is 2.07. The third-order valence-electron chi connectivity index (χ3n) is 4.30. The Morgan fingerprint density at radius 2 is 1.78 bits per heavy atom. The fraction of sp³-hybridized carbons (Fsp3) is 0.300. The van der Waals surface area contributed by atoms with Crippen molar-refractivity contribution in [3.05, 3.63) is 71.0 Å². The molecule has 0 fully saturated rings. The maximum Gasteiger partial charge on any atom is 0.191 e. The second-order valence-electron chi connectivity index (χ2n) is 6.13. The molecule has 0 saturated heterocycles. The topological polar surface area (TPSA) is 52.6 Å². The van der Waals surface area contributed by atoms with E-state index in [1.807, 2.05) is 12.1 Å². The molecule has 27 heavy (non-hydrogen) atoms. The Balaban J connectivity index is 0.00000261. The van der Waals surface area contributed by atoms with Crippen LogP contribution < -0.4 is 15.5 Å². The summed E-state index contributed by atoms with van der Waals surface area (Å²) in [6, 6.07) is 12.5. The van der Waals surface area contributed by atoms with Gasteiger partial charge in [-0.05, 0) is 35.7 Å². The lowest BCUT2D eigenvalue weighted by molar-refractivity contribution is 0.793. The highest BCUT2D eigenvalue weighted by atomic mass is 127. The fourth-order valence-corrected chi connectivity index (χ4v) is 2.91. The summed E-state index contributed by atoms with van der Waals surface area (Å²) >= 11 is 5.80. The summed E-state index contributed by atoms with van der Waals surface area (Å²) in [6.07, 6.45) is 7.07. The molecule has 0 atom stereocenters. The maximum atomic E-state index is 5.80. The zero-order chi connectivity index (χ0) is 18.2. The van der Waals surface area contributed by atoms with E-state index in [1.54, 1.807) is 13.2 Å². The molecular weight excluding hydrogens is 473 g/mol. The number of halogens is 2. The number of hydrogen-bond acceptors (Lipinski definition) is 3. The van der Waals surface area contributed by atoms with Crippen LogP contribution in [0.25, 0.3) is 0 Å². The van der Waals surface area contributed by atoms with Gasteiger partial charge in [0, 0.05) is 45.1 Å². The zero-order valence-corrected chi connectivity index (χ0v) is 18.4. The lowest BCUT2D eigenvalue weighted by Gasteiger charge is -2.18. The van der Waals surface area contributed by atoms with Crippen molar-refractivity contribution in [2.75, 3.05) is 31.6 Å². The van der Waals surface area contributed by atoms with Crippen LogP contribution in [0.15, 0.2) is 59.7 Å². The Hall–Kier alpha value is -1.80. The van der Waals surface area contributed by atoms with E-state index < -0.39 is 0 Å². The van der Waals surface area contributed by atoms with Gasteiger partial charge in [0.05, 0.1) is 0 Å². The molecule has 0 aliphatic carbocycles. The van der Waals surface area contributed by atoms with Crippen LogP contribution in [0.2, 0.25) is 5.15 Å². The number of nitrogens with zero attached hydrogens (tertiary/aromatic N) is 3. The van der Waals surface area contributed by atoms with Gasteiger partial charge < -0.3 is 15.5 Å². The fourth-order valence-electron chi connectivity index (χ4n) is 2.80. The van der Waals surface area contributed by atoms with Gasteiger partial charge in [0.1, 0.15) is 5.15 Å². The lowest BCUT2D eigenvalue weighted by atomic mass is 10.2. The van der Waals surface area contributed by atoms with E-state index in [0.29, 0.717) is 5.15 Å². The molecule has 144 valence electrons. The molecule has 0 unspecified atom stereocenters. The summed E-state index contributed by atoms with van der Waals surface area (Å²) in [4.78, 5) is 10.7. The quantitative estimate of drug-likeness (QED) is 0.210. The number of rotatable bonds is 6. The zero-order valence-electron chi connectivity index (χ0n) is 15.4. The Morgan fingerprint density at radius 3 is 2.41 bits per heavy atom. The number of aromatic nitrogens is 1. The Labute approximate surface area is 182 Å². The van der Waals surface area contributed by atoms with Crippen LogP contribution in [0.4, 0.5) is 5.69 Å².